The van der Waals surface area contributed by atoms with Gasteiger partial charge in [-0.2, -0.15) is 15.0 Å². The number of fused-ring (bicyclic) bond motifs is 3. The summed E-state index contributed by atoms with van der Waals surface area (Å²) < 4.78 is 4.80. The highest BCUT2D eigenvalue weighted by atomic mass is 35.5. The molecule has 24 heteroatoms. The molecule has 21 nitrogen and oxygen atoms in total. The molecule has 12 rings (SSSR count). The van der Waals surface area contributed by atoms with Crippen molar-refractivity contribution in [3.8, 4) is 0 Å². The van der Waals surface area contributed by atoms with Crippen molar-refractivity contribution >= 4 is 149 Å². The van der Waals surface area contributed by atoms with Crippen LogP contribution in [0.4, 0.5) is 52.4 Å². The number of pyridine rings is 3. The topological polar surface area (TPSA) is 240 Å². The highest BCUT2D eigenvalue weighted by Crippen LogP contribution is 2.33. The van der Waals surface area contributed by atoms with E-state index in [0.29, 0.717) is 92.7 Å². The average Bonchev–Trinajstić information content (AvgIpc) is 0.805. The second kappa shape index (κ2) is 33.7. The number of nitrogens with zero attached hydrogens (tertiary/aromatic N) is 12. The average molecular weight is 1410 g/mol. The van der Waals surface area contributed by atoms with Crippen LogP contribution in [0.2, 0.25) is 15.1 Å². The van der Waals surface area contributed by atoms with E-state index in [4.69, 9.17) is 44.8 Å². The van der Waals surface area contributed by atoms with Gasteiger partial charge in [0.05, 0.1) is 35.1 Å². The van der Waals surface area contributed by atoms with Crippen LogP contribution in [0.5, 0.6) is 0 Å². The highest BCUT2D eigenvalue weighted by molar-refractivity contribution is 6.33. The van der Waals surface area contributed by atoms with Gasteiger partial charge in [0.15, 0.2) is 29.0 Å². The van der Waals surface area contributed by atoms with E-state index in [2.05, 4.69) is 71.4 Å². The van der Waals surface area contributed by atoms with Crippen LogP contribution >= 0.6 is 34.8 Å². The van der Waals surface area contributed by atoms with Crippen LogP contribution < -0.4 is 47.3 Å². The van der Waals surface area contributed by atoms with Gasteiger partial charge in [-0.3, -0.25) is 24.0 Å². The Balaban J connectivity index is 0.000000162. The zero-order valence-corrected chi connectivity index (χ0v) is 60.6. The fourth-order valence-corrected chi connectivity index (χ4v) is 13.0. The zero-order valence-electron chi connectivity index (χ0n) is 58.4. The number of benzene rings is 3. The monoisotopic (exact) mass is 1410 g/mol. The fourth-order valence-electron chi connectivity index (χ4n) is 12.6. The Hall–Kier alpha value is -9.31. The molecule has 3 aliphatic rings. The van der Waals surface area contributed by atoms with Crippen LogP contribution in [0.1, 0.15) is 129 Å². The normalized spacial score (nSPS) is 14.7. The minimum absolute atomic E-state index is 0.0225. The number of allylic oxidation sites excluding steroid dienone is 2. The van der Waals surface area contributed by atoms with Crippen LogP contribution in [0.25, 0.3) is 44.9 Å². The number of anilines is 9. The molecule has 0 spiro atoms. The Labute approximate surface area is 597 Å². The number of hydrogen-bond donors (Lipinski definition) is 3. The third-order valence-electron chi connectivity index (χ3n) is 19.1. The van der Waals surface area contributed by atoms with E-state index in [1.165, 1.54) is 25.0 Å². The first-order valence-electron chi connectivity index (χ1n) is 34.5. The standard InChI is InChI=1S/C26H30ClN5O2.C25H28ClN5O2.C25H30ClN5O2/c1-4-17-10-12-32(13-11-17)26-28-16-22(27)24(30-26)29-20-7-9-23-19(15-20)14-18(25(34)31(23)3)6-8-21(33)5-2;1-4-20(32)7-5-17-13-18-14-19(6-8-22(18)30(3)24(17)33)28-23-21(26)15-27-25(29-23)31-11-9-16(2)10-12-31;1-4-17-9-11-31(12-10-17)25-27-15-21(26)23(29-25)28-20-7-8-22-19(14-20)13-18(6-5-16(2)32)24(33)30(22)3/h6-9,14-17H,4-5,10-13H2,1-3H3,(H,28,29,30);5-8,13-16H,4,9-12H2,1-3H3,(H,27,28,29);7-8,13-15,17H,4-6,9-12H2,1-3H3,(H,27,28,29)/b8-6+;7-5+;. The molecule has 0 saturated carbocycles. The summed E-state index contributed by atoms with van der Waals surface area (Å²) in [5.74, 6) is 5.97. The number of aryl methyl sites for hydroxylation is 4. The first kappa shape index (κ1) is 73.4. The summed E-state index contributed by atoms with van der Waals surface area (Å²) >= 11 is 19.2. The second-order valence-electron chi connectivity index (χ2n) is 26.1. The summed E-state index contributed by atoms with van der Waals surface area (Å²) in [4.78, 5) is 107. The molecule has 524 valence electrons. The Morgan fingerprint density at radius 2 is 0.830 bits per heavy atom. The van der Waals surface area contributed by atoms with Crippen LogP contribution in [-0.2, 0) is 41.9 Å². The van der Waals surface area contributed by atoms with Gasteiger partial charge in [-0.1, -0.05) is 82.3 Å². The SMILES string of the molecule is CCC(=O)/C=C/c1cc2cc(Nc3nc(N4CCC(C)CC4)ncc3Cl)ccc2n(C)c1=O.CCC(=O)/C=C/c1cc2cc(Nc3nc(N4CCC(CC)CC4)ncc3Cl)ccc2n(C)c1=O.CCC1CCN(c2ncc(Cl)c(Nc3ccc4c(c3)cc(CCC(C)=O)c(=O)n4C)n2)CC1. The summed E-state index contributed by atoms with van der Waals surface area (Å²) in [5.41, 5.74) is 6.00. The molecule has 3 aliphatic heterocycles. The Kier molecular flexibility index (Phi) is 24.7. The number of carbonyl (C=O) groups is 3. The molecular weight excluding hydrogens is 1330 g/mol. The Morgan fingerprint density at radius 3 is 1.17 bits per heavy atom. The molecule has 3 N–H and O–H groups in total. The maximum Gasteiger partial charge on any atom is 0.258 e. The number of aromatic nitrogens is 9. The van der Waals surface area contributed by atoms with Gasteiger partial charge in [-0.15, -0.1) is 0 Å². The van der Waals surface area contributed by atoms with Crippen molar-refractivity contribution in [3.63, 3.8) is 0 Å². The molecule has 3 saturated heterocycles. The van der Waals surface area contributed by atoms with Crippen molar-refractivity contribution in [1.29, 1.82) is 0 Å². The van der Waals surface area contributed by atoms with E-state index in [1.807, 2.05) is 60.7 Å². The van der Waals surface area contributed by atoms with E-state index >= 15 is 0 Å². The lowest BCUT2D eigenvalue weighted by Gasteiger charge is -2.31. The molecule has 6 aromatic heterocycles. The summed E-state index contributed by atoms with van der Waals surface area (Å²) in [5, 5.41) is 13.9. The molecule has 9 heterocycles. The maximum atomic E-state index is 12.7. The smallest absolute Gasteiger partial charge is 0.258 e. The van der Waals surface area contributed by atoms with Crippen LogP contribution in [0.3, 0.4) is 0 Å². The van der Waals surface area contributed by atoms with E-state index in [-0.39, 0.29) is 34.0 Å². The van der Waals surface area contributed by atoms with Gasteiger partial charge < -0.3 is 49.1 Å². The number of rotatable bonds is 20. The summed E-state index contributed by atoms with van der Waals surface area (Å²) in [6.07, 6.45) is 21.8. The third kappa shape index (κ3) is 18.2. The lowest BCUT2D eigenvalue weighted by atomic mass is 9.95. The van der Waals surface area contributed by atoms with Crippen LogP contribution in [0.15, 0.2) is 118 Å². The molecule has 0 amide bonds. The van der Waals surface area contributed by atoms with Crippen LogP contribution in [-0.4, -0.2) is 100 Å². The van der Waals surface area contributed by atoms with E-state index in [9.17, 15) is 28.8 Å². The van der Waals surface area contributed by atoms with Gasteiger partial charge in [-0.05, 0) is 167 Å². The number of hydrogen-bond acceptors (Lipinski definition) is 18. The van der Waals surface area contributed by atoms with Gasteiger partial charge in [0, 0.05) is 130 Å². The first-order valence-corrected chi connectivity index (χ1v) is 35.7. The second-order valence-corrected chi connectivity index (χ2v) is 27.3. The van der Waals surface area contributed by atoms with Gasteiger partial charge in [-0.25, -0.2) is 15.0 Å². The van der Waals surface area contributed by atoms with Crippen LogP contribution in [0, 0.1) is 17.8 Å². The van der Waals surface area contributed by atoms with Crippen molar-refractivity contribution in [2.24, 2.45) is 38.9 Å². The van der Waals surface area contributed by atoms with Gasteiger partial charge in [0.2, 0.25) is 17.8 Å². The summed E-state index contributed by atoms with van der Waals surface area (Å²) in [6.45, 7) is 17.5. The van der Waals surface area contributed by atoms with Gasteiger partial charge >= 0.3 is 0 Å². The number of nitrogens with one attached hydrogen (secondary N) is 3. The lowest BCUT2D eigenvalue weighted by Crippen LogP contribution is -2.34. The quantitative estimate of drug-likeness (QED) is 0.0601. The molecule has 0 radical (unpaired) electrons. The maximum absolute atomic E-state index is 12.7. The van der Waals surface area contributed by atoms with Crippen molar-refractivity contribution in [1.82, 2.24) is 43.6 Å². The molecule has 0 atom stereocenters. The highest BCUT2D eigenvalue weighted by Gasteiger charge is 2.24. The van der Waals surface area contributed by atoms with Crippen molar-refractivity contribution in [3.05, 3.63) is 166 Å². The molecular formula is C76H88Cl3N15O6. The molecule has 3 aromatic carbocycles. The minimum Gasteiger partial charge on any atom is -0.341 e. The number of ketones is 3. The minimum atomic E-state index is -0.150. The fraction of sp³-hybridized carbons (Fsp3) is 0.395. The molecule has 0 bridgehead atoms. The van der Waals surface area contributed by atoms with Crippen molar-refractivity contribution in [2.75, 3.05) is 69.9 Å². The van der Waals surface area contributed by atoms with Crippen molar-refractivity contribution in [2.45, 2.75) is 119 Å². The number of piperidine rings is 3. The van der Waals surface area contributed by atoms with Crippen molar-refractivity contribution < 1.29 is 14.4 Å². The molecule has 3 fully saturated rings. The number of carbonyl (C=O) groups excluding carboxylic acids is 3. The Morgan fingerprint density at radius 1 is 0.490 bits per heavy atom. The molecule has 0 aliphatic carbocycles. The first-order chi connectivity index (χ1) is 48.1. The molecule has 100 heavy (non-hydrogen) atoms. The largest absolute Gasteiger partial charge is 0.341 e. The summed E-state index contributed by atoms with van der Waals surface area (Å²) in [7, 11) is 5.21. The van der Waals surface area contributed by atoms with Gasteiger partial charge in [0.1, 0.15) is 20.9 Å². The zero-order chi connectivity index (χ0) is 71.3. The number of Topliss-reactive ketones (excluding diaryl/α,β-unsaturated/α-hetero) is 1. The van der Waals surface area contributed by atoms with E-state index in [0.717, 1.165) is 145 Å². The van der Waals surface area contributed by atoms with E-state index < -0.39 is 0 Å². The third-order valence-corrected chi connectivity index (χ3v) is 20.0. The lowest BCUT2D eigenvalue weighted by molar-refractivity contribution is -0.117. The predicted octanol–water partition coefficient (Wildman–Crippen LogP) is 15.2. The molecule has 0 unspecified atom stereocenters. The Bertz CT molecular complexity index is 4740. The van der Waals surface area contributed by atoms with Gasteiger partial charge in [0.25, 0.3) is 16.7 Å². The van der Waals surface area contributed by atoms with E-state index in [1.54, 1.807) is 98.5 Å². The summed E-state index contributed by atoms with van der Waals surface area (Å²) in [6, 6.07) is 22.7. The predicted molar refractivity (Wildman–Crippen MR) is 407 cm³/mol. The number of halogens is 3. The molecule has 9 aromatic rings.